The van der Waals surface area contributed by atoms with Crippen LogP contribution in [0.1, 0.15) is 6.42 Å². The smallest absolute Gasteiger partial charge is 0.215 e. The van der Waals surface area contributed by atoms with Gasteiger partial charge in [0.2, 0.25) is 10.0 Å². The largest absolute Gasteiger partial charge is 0.355 e. The van der Waals surface area contributed by atoms with Crippen LogP contribution in [0.3, 0.4) is 0 Å². The van der Waals surface area contributed by atoms with Crippen LogP contribution in [-0.4, -0.2) is 86.7 Å². The Labute approximate surface area is 176 Å². The molecule has 3 rings (SSSR count). The second kappa shape index (κ2) is 10.00. The summed E-state index contributed by atoms with van der Waals surface area (Å²) >= 11 is 8.03. The van der Waals surface area contributed by atoms with E-state index < -0.39 is 10.0 Å². The third-order valence-electron chi connectivity index (χ3n) is 4.81. The molecule has 0 saturated carbocycles. The number of nitrogens with zero attached hydrogens (tertiary/aromatic N) is 4. The maximum atomic E-state index is 12.4. The van der Waals surface area contributed by atoms with Gasteiger partial charge in [0.1, 0.15) is 5.82 Å². The summed E-state index contributed by atoms with van der Waals surface area (Å²) in [5.74, 6) is 3.21. The number of halogens is 1. The van der Waals surface area contributed by atoms with Gasteiger partial charge in [-0.2, -0.15) is 11.8 Å². The average molecular weight is 447 g/mol. The standard InChI is InChI=1S/C17H27ClN6O2S2/c1-19-17(21-6-12-28(25,26)24-8-10-27-11-9-24)22-14-4-7-23(13-14)16-15(18)3-2-5-20-16/h2-3,5,14H,4,6-13H2,1H3,(H2,19,21,22). The highest BCUT2D eigenvalue weighted by Crippen LogP contribution is 2.25. The zero-order valence-corrected chi connectivity index (χ0v) is 18.4. The first kappa shape index (κ1) is 21.5. The van der Waals surface area contributed by atoms with E-state index in [0.717, 1.165) is 36.8 Å². The number of aliphatic imine (C=N–C) groups is 1. The molecule has 0 aliphatic carbocycles. The summed E-state index contributed by atoms with van der Waals surface area (Å²) in [6.07, 6.45) is 2.67. The Hall–Kier alpha value is -1.23. The highest BCUT2D eigenvalue weighted by Gasteiger charge is 2.26. The van der Waals surface area contributed by atoms with Crippen molar-refractivity contribution < 1.29 is 8.42 Å². The number of hydrogen-bond acceptors (Lipinski definition) is 6. The normalized spacial score (nSPS) is 21.7. The van der Waals surface area contributed by atoms with Crippen molar-refractivity contribution in [2.45, 2.75) is 12.5 Å². The molecule has 11 heteroatoms. The SMILES string of the molecule is CN=C(NCCS(=O)(=O)N1CCSCC1)NC1CCN(c2ncccc2Cl)C1. The molecule has 0 spiro atoms. The first-order chi connectivity index (χ1) is 13.5. The quantitative estimate of drug-likeness (QED) is 0.494. The number of nitrogens with one attached hydrogen (secondary N) is 2. The fraction of sp³-hybridized carbons (Fsp3) is 0.647. The Kier molecular flexibility index (Phi) is 7.67. The lowest BCUT2D eigenvalue weighted by Gasteiger charge is -2.26. The van der Waals surface area contributed by atoms with Crippen LogP contribution in [0.4, 0.5) is 5.82 Å². The van der Waals surface area contributed by atoms with E-state index in [9.17, 15) is 8.42 Å². The Balaban J connectivity index is 1.45. The zero-order valence-electron chi connectivity index (χ0n) is 16.0. The number of guanidine groups is 1. The van der Waals surface area contributed by atoms with E-state index in [0.29, 0.717) is 30.6 Å². The second-order valence-electron chi connectivity index (χ2n) is 6.71. The number of hydrogen-bond donors (Lipinski definition) is 2. The summed E-state index contributed by atoms with van der Waals surface area (Å²) in [6, 6.07) is 3.85. The van der Waals surface area contributed by atoms with Crippen LogP contribution in [-0.2, 0) is 10.0 Å². The summed E-state index contributed by atoms with van der Waals surface area (Å²) in [5.41, 5.74) is 0. The van der Waals surface area contributed by atoms with Gasteiger partial charge in [-0.05, 0) is 18.6 Å². The topological polar surface area (TPSA) is 89.9 Å². The summed E-state index contributed by atoms with van der Waals surface area (Å²) in [5, 5.41) is 7.14. The number of aromatic nitrogens is 1. The van der Waals surface area contributed by atoms with Crippen molar-refractivity contribution in [2.24, 2.45) is 4.99 Å². The van der Waals surface area contributed by atoms with E-state index in [4.69, 9.17) is 11.6 Å². The van der Waals surface area contributed by atoms with E-state index in [1.54, 1.807) is 29.3 Å². The van der Waals surface area contributed by atoms with Crippen molar-refractivity contribution >= 4 is 45.2 Å². The van der Waals surface area contributed by atoms with E-state index >= 15 is 0 Å². The van der Waals surface area contributed by atoms with Gasteiger partial charge in [-0.3, -0.25) is 4.99 Å². The molecule has 0 amide bonds. The van der Waals surface area contributed by atoms with Crippen molar-refractivity contribution in [2.75, 3.05) is 61.9 Å². The predicted octanol–water partition coefficient (Wildman–Crippen LogP) is 0.857. The second-order valence-corrected chi connectivity index (χ2v) is 10.4. The van der Waals surface area contributed by atoms with E-state index in [1.807, 2.05) is 12.1 Å². The fourth-order valence-electron chi connectivity index (χ4n) is 3.32. The van der Waals surface area contributed by atoms with Crippen LogP contribution in [0.5, 0.6) is 0 Å². The minimum atomic E-state index is -3.22. The van der Waals surface area contributed by atoms with E-state index in [1.165, 1.54) is 0 Å². The van der Waals surface area contributed by atoms with Crippen molar-refractivity contribution in [3.63, 3.8) is 0 Å². The number of thioether (sulfide) groups is 1. The highest BCUT2D eigenvalue weighted by atomic mass is 35.5. The third kappa shape index (κ3) is 5.65. The zero-order chi connectivity index (χ0) is 20.0. The maximum Gasteiger partial charge on any atom is 0.215 e. The number of anilines is 1. The Morgan fingerprint density at radius 1 is 1.39 bits per heavy atom. The molecule has 2 saturated heterocycles. The Morgan fingerprint density at radius 3 is 2.89 bits per heavy atom. The van der Waals surface area contributed by atoms with Gasteiger partial charge in [0.05, 0.1) is 10.8 Å². The molecule has 2 aliphatic heterocycles. The van der Waals surface area contributed by atoms with E-state index in [2.05, 4.69) is 25.5 Å². The molecule has 156 valence electrons. The molecule has 3 heterocycles. The first-order valence-electron chi connectivity index (χ1n) is 9.38. The van der Waals surface area contributed by atoms with E-state index in [-0.39, 0.29) is 11.8 Å². The van der Waals surface area contributed by atoms with Crippen LogP contribution in [0, 0.1) is 0 Å². The number of rotatable bonds is 6. The highest BCUT2D eigenvalue weighted by molar-refractivity contribution is 7.99. The summed E-state index contributed by atoms with van der Waals surface area (Å²) < 4.78 is 26.4. The molecule has 0 radical (unpaired) electrons. The molecule has 2 fully saturated rings. The lowest BCUT2D eigenvalue weighted by Crippen LogP contribution is -2.47. The van der Waals surface area contributed by atoms with Crippen molar-refractivity contribution in [3.05, 3.63) is 23.4 Å². The van der Waals surface area contributed by atoms with Crippen molar-refractivity contribution in [1.82, 2.24) is 19.9 Å². The molecule has 1 unspecified atom stereocenters. The van der Waals surface area contributed by atoms with Gasteiger partial charge >= 0.3 is 0 Å². The molecule has 1 aromatic heterocycles. The predicted molar refractivity (Wildman–Crippen MR) is 117 cm³/mol. The van der Waals surface area contributed by atoms with Gasteiger partial charge in [-0.25, -0.2) is 17.7 Å². The molecule has 0 aromatic carbocycles. The molecule has 2 N–H and O–H groups in total. The molecule has 0 bridgehead atoms. The van der Waals surface area contributed by atoms with Crippen LogP contribution in [0.25, 0.3) is 0 Å². The van der Waals surface area contributed by atoms with Gasteiger partial charge in [-0.1, -0.05) is 11.6 Å². The minimum absolute atomic E-state index is 0.0682. The fourth-order valence-corrected chi connectivity index (χ4v) is 6.05. The minimum Gasteiger partial charge on any atom is -0.355 e. The maximum absolute atomic E-state index is 12.4. The van der Waals surface area contributed by atoms with Crippen LogP contribution < -0.4 is 15.5 Å². The van der Waals surface area contributed by atoms with Crippen LogP contribution in [0.2, 0.25) is 5.02 Å². The van der Waals surface area contributed by atoms with Crippen LogP contribution in [0.15, 0.2) is 23.3 Å². The molecule has 2 aliphatic rings. The monoisotopic (exact) mass is 446 g/mol. The van der Waals surface area contributed by atoms with Gasteiger partial charge < -0.3 is 15.5 Å². The Morgan fingerprint density at radius 2 is 2.18 bits per heavy atom. The van der Waals surface area contributed by atoms with Crippen LogP contribution >= 0.6 is 23.4 Å². The molecule has 28 heavy (non-hydrogen) atoms. The summed E-state index contributed by atoms with van der Waals surface area (Å²) in [4.78, 5) is 10.7. The average Bonchev–Trinajstić information content (AvgIpc) is 3.16. The lowest BCUT2D eigenvalue weighted by atomic mass is 10.3. The van der Waals surface area contributed by atoms with Gasteiger partial charge in [0.25, 0.3) is 0 Å². The lowest BCUT2D eigenvalue weighted by molar-refractivity contribution is 0.443. The molecule has 1 atom stereocenters. The summed E-state index contributed by atoms with van der Waals surface area (Å²) in [7, 11) is -1.53. The first-order valence-corrected chi connectivity index (χ1v) is 12.5. The Bertz CT molecular complexity index is 786. The van der Waals surface area contributed by atoms with Crippen molar-refractivity contribution in [3.8, 4) is 0 Å². The third-order valence-corrected chi connectivity index (χ3v) is 7.92. The van der Waals surface area contributed by atoms with Gasteiger partial charge in [-0.15, -0.1) is 0 Å². The van der Waals surface area contributed by atoms with Gasteiger partial charge in [0, 0.05) is 63.5 Å². The van der Waals surface area contributed by atoms with Gasteiger partial charge in [0.15, 0.2) is 5.96 Å². The molecule has 1 aromatic rings. The van der Waals surface area contributed by atoms with Crippen molar-refractivity contribution in [1.29, 1.82) is 0 Å². The number of sulfonamides is 1. The number of pyridine rings is 1. The molecule has 8 nitrogen and oxygen atoms in total. The summed E-state index contributed by atoms with van der Waals surface area (Å²) in [6.45, 7) is 3.16. The molecular weight excluding hydrogens is 420 g/mol. The molecular formula is C17H27ClN6O2S2.